The van der Waals surface area contributed by atoms with Crippen molar-refractivity contribution in [1.29, 1.82) is 0 Å². The first-order chi connectivity index (χ1) is 12.6. The molecule has 4 rings (SSSR count). The molecular weight excluding hydrogens is 328 g/mol. The zero-order valence-corrected chi connectivity index (χ0v) is 15.6. The monoisotopic (exact) mass is 354 g/mol. The summed E-state index contributed by atoms with van der Waals surface area (Å²) in [4.78, 5) is 17.3. The fourth-order valence-corrected chi connectivity index (χ4v) is 4.17. The Balaban J connectivity index is 1.77. The van der Waals surface area contributed by atoms with Crippen LogP contribution in [-0.4, -0.2) is 39.8 Å². The van der Waals surface area contributed by atoms with Gasteiger partial charge in [0.25, 0.3) is 5.91 Å². The Morgan fingerprint density at radius 3 is 2.73 bits per heavy atom. The molecule has 1 saturated carbocycles. The summed E-state index contributed by atoms with van der Waals surface area (Å²) in [6.45, 7) is 2.61. The average Bonchev–Trinajstić information content (AvgIpc) is 3.24. The number of fused-ring (bicyclic) bond motifs is 1. The van der Waals surface area contributed by atoms with Crippen LogP contribution in [0.2, 0.25) is 0 Å². The first-order valence-corrected chi connectivity index (χ1v) is 9.33. The van der Waals surface area contributed by atoms with Gasteiger partial charge < -0.3 is 16.0 Å². The molecule has 0 saturated heterocycles. The van der Waals surface area contributed by atoms with Crippen molar-refractivity contribution in [3.8, 4) is 11.3 Å². The standard InChI is InChI=1S/C19H26N6O/c1-11-13-9-21-19(26)16(13)17(12-8-22-25(3)10-12)24-18(11)23-15-7-5-4-6-14(15)20-2/h8,10,14-15,20H,4-7,9H2,1-3H3,(H,21,26)(H,23,24). The Hall–Kier alpha value is -2.41. The van der Waals surface area contributed by atoms with Gasteiger partial charge in [-0.15, -0.1) is 0 Å². The Bertz CT molecular complexity index is 843. The van der Waals surface area contributed by atoms with E-state index in [1.54, 1.807) is 10.9 Å². The minimum atomic E-state index is -0.0493. The largest absolute Gasteiger partial charge is 0.366 e. The number of pyridine rings is 1. The summed E-state index contributed by atoms with van der Waals surface area (Å²) < 4.78 is 1.74. The predicted molar refractivity (Wildman–Crippen MR) is 101 cm³/mol. The Morgan fingerprint density at radius 1 is 1.27 bits per heavy atom. The summed E-state index contributed by atoms with van der Waals surface area (Å²) in [7, 11) is 3.90. The molecule has 1 amide bonds. The highest BCUT2D eigenvalue weighted by Gasteiger charge is 2.30. The molecule has 2 atom stereocenters. The van der Waals surface area contributed by atoms with Crippen molar-refractivity contribution in [2.24, 2.45) is 7.05 Å². The van der Waals surface area contributed by atoms with E-state index in [0.717, 1.165) is 28.9 Å². The lowest BCUT2D eigenvalue weighted by Crippen LogP contribution is -2.44. The van der Waals surface area contributed by atoms with E-state index in [1.807, 2.05) is 20.3 Å². The zero-order chi connectivity index (χ0) is 18.3. The second kappa shape index (κ2) is 6.72. The number of amides is 1. The summed E-state index contributed by atoms with van der Waals surface area (Å²) in [6, 6.07) is 0.796. The normalized spacial score (nSPS) is 22.2. The molecule has 1 fully saturated rings. The predicted octanol–water partition coefficient (Wildman–Crippen LogP) is 1.98. The highest BCUT2D eigenvalue weighted by Crippen LogP contribution is 2.34. The minimum Gasteiger partial charge on any atom is -0.366 e. The van der Waals surface area contributed by atoms with Crippen molar-refractivity contribution in [3.63, 3.8) is 0 Å². The molecule has 7 heteroatoms. The molecule has 0 aromatic carbocycles. The van der Waals surface area contributed by atoms with Crippen molar-refractivity contribution in [2.75, 3.05) is 12.4 Å². The minimum absolute atomic E-state index is 0.0493. The van der Waals surface area contributed by atoms with E-state index in [0.29, 0.717) is 29.9 Å². The first kappa shape index (κ1) is 17.0. The first-order valence-electron chi connectivity index (χ1n) is 9.33. The number of nitrogens with zero attached hydrogens (tertiary/aromatic N) is 3. The lowest BCUT2D eigenvalue weighted by molar-refractivity contribution is 0.0966. The molecule has 0 spiro atoms. The Kier molecular flexibility index (Phi) is 4.40. The maximum absolute atomic E-state index is 12.4. The number of rotatable bonds is 4. The lowest BCUT2D eigenvalue weighted by atomic mass is 9.90. The van der Waals surface area contributed by atoms with Crippen molar-refractivity contribution in [3.05, 3.63) is 29.1 Å². The number of carbonyl (C=O) groups excluding carboxylic acids is 1. The van der Waals surface area contributed by atoms with E-state index in [-0.39, 0.29) is 5.91 Å². The highest BCUT2D eigenvalue weighted by atomic mass is 16.1. The molecule has 2 unspecified atom stereocenters. The molecular formula is C19H26N6O. The molecule has 3 heterocycles. The summed E-state index contributed by atoms with van der Waals surface area (Å²) >= 11 is 0. The molecule has 1 aliphatic heterocycles. The summed E-state index contributed by atoms with van der Waals surface area (Å²) in [5, 5.41) is 14.3. The lowest BCUT2D eigenvalue weighted by Gasteiger charge is -2.33. The maximum Gasteiger partial charge on any atom is 0.254 e. The van der Waals surface area contributed by atoms with Crippen LogP contribution in [0.25, 0.3) is 11.3 Å². The van der Waals surface area contributed by atoms with Crippen molar-refractivity contribution >= 4 is 11.7 Å². The fourth-order valence-electron chi connectivity index (χ4n) is 4.17. The van der Waals surface area contributed by atoms with Gasteiger partial charge in [0.1, 0.15) is 5.82 Å². The van der Waals surface area contributed by atoms with Crippen LogP contribution >= 0.6 is 0 Å². The van der Waals surface area contributed by atoms with Crippen LogP contribution in [0, 0.1) is 6.92 Å². The average molecular weight is 354 g/mol. The van der Waals surface area contributed by atoms with Gasteiger partial charge in [0.15, 0.2) is 0 Å². The zero-order valence-electron chi connectivity index (χ0n) is 15.6. The van der Waals surface area contributed by atoms with Gasteiger partial charge >= 0.3 is 0 Å². The summed E-state index contributed by atoms with van der Waals surface area (Å²) in [5.41, 5.74) is 4.38. The van der Waals surface area contributed by atoms with Crippen LogP contribution in [0.3, 0.4) is 0 Å². The molecule has 2 aromatic rings. The molecule has 0 radical (unpaired) electrons. The molecule has 26 heavy (non-hydrogen) atoms. The third-order valence-corrected chi connectivity index (χ3v) is 5.66. The van der Waals surface area contributed by atoms with E-state index < -0.39 is 0 Å². The molecule has 3 N–H and O–H groups in total. The van der Waals surface area contributed by atoms with E-state index >= 15 is 0 Å². The van der Waals surface area contributed by atoms with Crippen LogP contribution in [0.4, 0.5) is 5.82 Å². The molecule has 1 aliphatic carbocycles. The number of carbonyl (C=O) groups is 1. The maximum atomic E-state index is 12.4. The van der Waals surface area contributed by atoms with Crippen molar-refractivity contribution < 1.29 is 4.79 Å². The molecule has 2 aromatic heterocycles. The van der Waals surface area contributed by atoms with E-state index in [2.05, 4.69) is 28.0 Å². The number of aryl methyl sites for hydroxylation is 1. The number of hydrogen-bond acceptors (Lipinski definition) is 5. The van der Waals surface area contributed by atoms with E-state index in [9.17, 15) is 4.79 Å². The van der Waals surface area contributed by atoms with Gasteiger partial charge in [-0.3, -0.25) is 9.48 Å². The van der Waals surface area contributed by atoms with Gasteiger partial charge in [0.05, 0.1) is 17.5 Å². The quantitative estimate of drug-likeness (QED) is 0.782. The van der Waals surface area contributed by atoms with Gasteiger partial charge in [-0.05, 0) is 37.9 Å². The van der Waals surface area contributed by atoms with Gasteiger partial charge in [0.2, 0.25) is 0 Å². The number of hydrogen-bond donors (Lipinski definition) is 3. The SMILES string of the molecule is CNC1CCCCC1Nc1nc(-c2cnn(C)c2)c2c(c1C)CNC2=O. The van der Waals surface area contributed by atoms with Gasteiger partial charge in [-0.2, -0.15) is 5.10 Å². The van der Waals surface area contributed by atoms with Crippen LogP contribution in [-0.2, 0) is 13.6 Å². The molecule has 0 bridgehead atoms. The van der Waals surface area contributed by atoms with Gasteiger partial charge in [-0.1, -0.05) is 12.8 Å². The van der Waals surface area contributed by atoms with Crippen LogP contribution in [0.15, 0.2) is 12.4 Å². The highest BCUT2D eigenvalue weighted by molar-refractivity contribution is 6.04. The van der Waals surface area contributed by atoms with Crippen LogP contribution in [0.5, 0.6) is 0 Å². The topological polar surface area (TPSA) is 83.9 Å². The van der Waals surface area contributed by atoms with E-state index in [4.69, 9.17) is 4.98 Å². The number of likely N-dealkylation sites (N-methyl/N-ethyl adjacent to an activating group) is 1. The summed E-state index contributed by atoms with van der Waals surface area (Å²) in [5.74, 6) is 0.832. The van der Waals surface area contributed by atoms with E-state index in [1.165, 1.54) is 19.3 Å². The fraction of sp³-hybridized carbons (Fsp3) is 0.526. The number of anilines is 1. The number of aromatic nitrogens is 3. The molecule has 138 valence electrons. The third kappa shape index (κ3) is 2.86. The Morgan fingerprint density at radius 2 is 2.04 bits per heavy atom. The summed E-state index contributed by atoms with van der Waals surface area (Å²) in [6.07, 6.45) is 8.47. The second-order valence-electron chi connectivity index (χ2n) is 7.30. The van der Waals surface area contributed by atoms with Crippen LogP contribution in [0.1, 0.15) is 47.2 Å². The van der Waals surface area contributed by atoms with Crippen molar-refractivity contribution in [1.82, 2.24) is 25.4 Å². The molecule has 2 aliphatic rings. The molecule has 7 nitrogen and oxygen atoms in total. The smallest absolute Gasteiger partial charge is 0.254 e. The van der Waals surface area contributed by atoms with Crippen LogP contribution < -0.4 is 16.0 Å². The van der Waals surface area contributed by atoms with Gasteiger partial charge in [0, 0.05) is 37.4 Å². The van der Waals surface area contributed by atoms with Crippen molar-refractivity contribution in [2.45, 2.75) is 51.2 Å². The number of nitrogens with one attached hydrogen (secondary N) is 3. The Labute approximate surface area is 153 Å². The third-order valence-electron chi connectivity index (χ3n) is 5.66. The second-order valence-corrected chi connectivity index (χ2v) is 7.30. The van der Waals surface area contributed by atoms with Gasteiger partial charge in [-0.25, -0.2) is 4.98 Å².